The van der Waals surface area contributed by atoms with E-state index in [4.69, 9.17) is 14.2 Å². The Labute approximate surface area is 461 Å². The van der Waals surface area contributed by atoms with Gasteiger partial charge in [-0.3, -0.25) is 14.4 Å². The monoisotopic (exact) mass is 1040 g/mol. The Morgan fingerprint density at radius 2 is 0.486 bits per heavy atom. The van der Waals surface area contributed by atoms with E-state index in [1.807, 2.05) is 0 Å². The molecule has 0 spiro atoms. The van der Waals surface area contributed by atoms with Crippen LogP contribution < -0.4 is 0 Å². The van der Waals surface area contributed by atoms with Gasteiger partial charge in [0.15, 0.2) is 6.10 Å². The lowest BCUT2D eigenvalue weighted by atomic mass is 10.0. The molecule has 0 heterocycles. The molecule has 0 aliphatic rings. The quantitative estimate of drug-likeness (QED) is 0.0261. The molecule has 434 valence electrons. The molecule has 0 bridgehead atoms. The van der Waals surface area contributed by atoms with E-state index < -0.39 is 6.10 Å². The number of ether oxygens (including phenoxy) is 3. The Bertz CT molecular complexity index is 1240. The van der Waals surface area contributed by atoms with Gasteiger partial charge in [-0.05, 0) is 77.0 Å². The van der Waals surface area contributed by atoms with Crippen LogP contribution in [0.15, 0.2) is 36.5 Å². The average molecular weight is 1040 g/mol. The normalized spacial score (nSPS) is 12.2. The molecule has 0 fully saturated rings. The third kappa shape index (κ3) is 60.5. The largest absolute Gasteiger partial charge is 0.462 e. The number of allylic oxidation sites excluding steroid dienone is 6. The lowest BCUT2D eigenvalue weighted by Gasteiger charge is -2.18. The summed E-state index contributed by atoms with van der Waals surface area (Å²) in [7, 11) is 0. The second-order valence-electron chi connectivity index (χ2n) is 22.4. The van der Waals surface area contributed by atoms with Crippen LogP contribution in [0.4, 0.5) is 0 Å². The summed E-state index contributed by atoms with van der Waals surface area (Å²) in [6.45, 7) is 6.67. The number of unbranched alkanes of at least 4 members (excludes halogenated alkanes) is 44. The van der Waals surface area contributed by atoms with Crippen LogP contribution in [-0.2, 0) is 28.6 Å². The van der Waals surface area contributed by atoms with E-state index in [-0.39, 0.29) is 31.1 Å². The molecule has 0 rings (SSSR count). The number of carbonyl (C=O) groups is 3. The number of carbonyl (C=O) groups excluding carboxylic acids is 3. The third-order valence-corrected chi connectivity index (χ3v) is 14.9. The molecule has 0 aromatic rings. The van der Waals surface area contributed by atoms with Crippen LogP contribution >= 0.6 is 0 Å². The summed E-state index contributed by atoms with van der Waals surface area (Å²) in [6.07, 6.45) is 77.2. The van der Waals surface area contributed by atoms with E-state index >= 15 is 0 Å². The SMILES string of the molecule is CCCCC/C=C\C/C=C\CCCCCCCC(=O)OCC(COC(=O)CCCCCCCCCCC/C=C\CCCCCCCCCC)OC(=O)CCCCCCCCCCCCCCCCCCCCCC. The second kappa shape index (κ2) is 63.2. The zero-order valence-electron chi connectivity index (χ0n) is 49.9. The van der Waals surface area contributed by atoms with Gasteiger partial charge < -0.3 is 14.2 Å². The molecular formula is C68H126O6. The van der Waals surface area contributed by atoms with Crippen LogP contribution in [0.1, 0.15) is 361 Å². The van der Waals surface area contributed by atoms with Gasteiger partial charge in [-0.2, -0.15) is 0 Å². The Morgan fingerprint density at radius 3 is 0.784 bits per heavy atom. The Balaban J connectivity index is 4.32. The predicted molar refractivity (Wildman–Crippen MR) is 321 cm³/mol. The second-order valence-corrected chi connectivity index (χ2v) is 22.4. The van der Waals surface area contributed by atoms with Gasteiger partial charge in [-0.15, -0.1) is 0 Å². The topological polar surface area (TPSA) is 78.9 Å². The van der Waals surface area contributed by atoms with E-state index in [1.165, 1.54) is 244 Å². The minimum Gasteiger partial charge on any atom is -0.462 e. The maximum Gasteiger partial charge on any atom is 0.306 e. The Hall–Kier alpha value is -2.37. The maximum atomic E-state index is 12.9. The van der Waals surface area contributed by atoms with Crippen molar-refractivity contribution in [2.45, 2.75) is 367 Å². The van der Waals surface area contributed by atoms with Crippen molar-refractivity contribution >= 4 is 17.9 Å². The molecule has 74 heavy (non-hydrogen) atoms. The molecule has 1 atom stereocenters. The van der Waals surface area contributed by atoms with Crippen LogP contribution in [0.25, 0.3) is 0 Å². The van der Waals surface area contributed by atoms with Crippen molar-refractivity contribution in [2.75, 3.05) is 13.2 Å². The molecule has 0 saturated heterocycles. The summed E-state index contributed by atoms with van der Waals surface area (Å²) in [4.78, 5) is 38.3. The molecule has 1 unspecified atom stereocenters. The summed E-state index contributed by atoms with van der Waals surface area (Å²) in [6, 6.07) is 0. The van der Waals surface area contributed by atoms with E-state index in [0.717, 1.165) is 77.0 Å². The van der Waals surface area contributed by atoms with Crippen LogP contribution in [0.5, 0.6) is 0 Å². The Kier molecular flexibility index (Phi) is 61.1. The van der Waals surface area contributed by atoms with Gasteiger partial charge in [0.25, 0.3) is 0 Å². The van der Waals surface area contributed by atoms with E-state index in [0.29, 0.717) is 19.3 Å². The van der Waals surface area contributed by atoms with Gasteiger partial charge in [-0.1, -0.05) is 301 Å². The fraction of sp³-hybridized carbons (Fsp3) is 0.868. The highest BCUT2D eigenvalue weighted by Crippen LogP contribution is 2.18. The first-order chi connectivity index (χ1) is 36.5. The van der Waals surface area contributed by atoms with Gasteiger partial charge in [0.1, 0.15) is 13.2 Å². The molecule has 0 N–H and O–H groups in total. The first-order valence-electron chi connectivity index (χ1n) is 33.0. The van der Waals surface area contributed by atoms with Crippen molar-refractivity contribution in [1.82, 2.24) is 0 Å². The summed E-state index contributed by atoms with van der Waals surface area (Å²) in [5.41, 5.74) is 0. The minimum atomic E-state index is -0.777. The minimum absolute atomic E-state index is 0.0736. The van der Waals surface area contributed by atoms with Crippen LogP contribution in [0.2, 0.25) is 0 Å². The molecular weight excluding hydrogens is 913 g/mol. The smallest absolute Gasteiger partial charge is 0.306 e. The van der Waals surface area contributed by atoms with E-state index in [2.05, 4.69) is 57.2 Å². The average Bonchev–Trinajstić information content (AvgIpc) is 3.40. The fourth-order valence-electron chi connectivity index (χ4n) is 9.88. The highest BCUT2D eigenvalue weighted by molar-refractivity contribution is 5.71. The highest BCUT2D eigenvalue weighted by atomic mass is 16.6. The summed E-state index contributed by atoms with van der Waals surface area (Å²) in [5.74, 6) is -0.864. The zero-order valence-corrected chi connectivity index (χ0v) is 49.9. The van der Waals surface area contributed by atoms with E-state index in [1.54, 1.807) is 0 Å². The van der Waals surface area contributed by atoms with Crippen LogP contribution in [0, 0.1) is 0 Å². The van der Waals surface area contributed by atoms with Crippen LogP contribution in [0.3, 0.4) is 0 Å². The van der Waals surface area contributed by atoms with Crippen molar-refractivity contribution in [3.05, 3.63) is 36.5 Å². The lowest BCUT2D eigenvalue weighted by Crippen LogP contribution is -2.30. The molecule has 6 nitrogen and oxygen atoms in total. The Morgan fingerprint density at radius 1 is 0.270 bits per heavy atom. The van der Waals surface area contributed by atoms with Gasteiger partial charge in [0.2, 0.25) is 0 Å². The zero-order chi connectivity index (χ0) is 53.6. The van der Waals surface area contributed by atoms with Gasteiger partial charge in [0, 0.05) is 19.3 Å². The molecule has 6 heteroatoms. The molecule has 0 aliphatic heterocycles. The van der Waals surface area contributed by atoms with E-state index in [9.17, 15) is 14.4 Å². The van der Waals surface area contributed by atoms with Crippen molar-refractivity contribution in [3.63, 3.8) is 0 Å². The first-order valence-corrected chi connectivity index (χ1v) is 33.0. The summed E-state index contributed by atoms with van der Waals surface area (Å²) < 4.78 is 17.0. The van der Waals surface area contributed by atoms with Crippen molar-refractivity contribution in [2.24, 2.45) is 0 Å². The maximum absolute atomic E-state index is 12.9. The van der Waals surface area contributed by atoms with Gasteiger partial charge in [-0.25, -0.2) is 0 Å². The van der Waals surface area contributed by atoms with Crippen molar-refractivity contribution in [3.8, 4) is 0 Å². The first kappa shape index (κ1) is 71.6. The predicted octanol–water partition coefficient (Wildman–Crippen LogP) is 22.4. The fourth-order valence-corrected chi connectivity index (χ4v) is 9.88. The molecule has 0 aromatic carbocycles. The number of hydrogen-bond acceptors (Lipinski definition) is 6. The molecule has 0 aromatic heterocycles. The standard InChI is InChI=1S/C68H126O6/c1-4-7-10-13-16-19-22-25-28-30-32-34-36-37-40-43-46-49-52-55-58-61-67(70)73-64-65(63-72-66(69)60-57-54-51-48-45-42-39-27-24-21-18-15-12-9-6-3)74-68(71)62-59-56-53-50-47-44-41-38-35-33-31-29-26-23-20-17-14-11-8-5-2/h18,21,27,30,32,39,65H,4-17,19-20,22-26,28-29,31,33-38,40-64H2,1-3H3/b21-18-,32-30-,39-27-. The third-order valence-electron chi connectivity index (χ3n) is 14.9. The molecule has 0 saturated carbocycles. The highest BCUT2D eigenvalue weighted by Gasteiger charge is 2.19. The number of rotatable bonds is 61. The summed E-state index contributed by atoms with van der Waals surface area (Å²) in [5, 5.41) is 0. The van der Waals surface area contributed by atoms with Gasteiger partial charge in [0.05, 0.1) is 0 Å². The molecule has 0 amide bonds. The van der Waals surface area contributed by atoms with Gasteiger partial charge >= 0.3 is 17.9 Å². The van der Waals surface area contributed by atoms with Crippen LogP contribution in [-0.4, -0.2) is 37.2 Å². The number of hydrogen-bond donors (Lipinski definition) is 0. The molecule has 0 radical (unpaired) electrons. The lowest BCUT2D eigenvalue weighted by molar-refractivity contribution is -0.167. The molecule has 0 aliphatic carbocycles. The number of esters is 3. The van der Waals surface area contributed by atoms with Crippen molar-refractivity contribution in [1.29, 1.82) is 0 Å². The van der Waals surface area contributed by atoms with Crippen molar-refractivity contribution < 1.29 is 28.6 Å². The summed E-state index contributed by atoms with van der Waals surface area (Å²) >= 11 is 0.